The minimum absolute atomic E-state index is 0.104. The Hall–Kier alpha value is -2.69. The smallest absolute Gasteiger partial charge is 0.222 e. The minimum Gasteiger partial charge on any atom is -0.340 e. The van der Waals surface area contributed by atoms with Crippen molar-refractivity contribution in [2.45, 2.75) is 26.2 Å². The number of pyridine rings is 1. The summed E-state index contributed by atoms with van der Waals surface area (Å²) in [5.41, 5.74) is 3.87. The monoisotopic (exact) mass is 422 g/mol. The largest absolute Gasteiger partial charge is 0.340 e. The molecule has 29 heavy (non-hydrogen) atoms. The van der Waals surface area contributed by atoms with Gasteiger partial charge in [0.1, 0.15) is 5.82 Å². The van der Waals surface area contributed by atoms with Crippen LogP contribution in [0.2, 0.25) is 10.3 Å². The van der Waals surface area contributed by atoms with E-state index in [4.69, 9.17) is 23.2 Å². The van der Waals surface area contributed by atoms with E-state index in [0.717, 1.165) is 22.0 Å². The fourth-order valence-corrected chi connectivity index (χ4v) is 3.64. The lowest BCUT2D eigenvalue weighted by molar-refractivity contribution is 0.590. The van der Waals surface area contributed by atoms with Crippen LogP contribution in [0.15, 0.2) is 60.9 Å². The number of aromatic nitrogens is 3. The van der Waals surface area contributed by atoms with Crippen molar-refractivity contribution in [1.29, 1.82) is 0 Å². The molecular formula is C23H20Cl2N4. The molecule has 0 unspecified atom stereocenters. The van der Waals surface area contributed by atoms with Gasteiger partial charge >= 0.3 is 0 Å². The zero-order valence-electron chi connectivity index (χ0n) is 16.4. The van der Waals surface area contributed by atoms with E-state index < -0.39 is 0 Å². The van der Waals surface area contributed by atoms with Crippen LogP contribution in [-0.4, -0.2) is 15.0 Å². The van der Waals surface area contributed by atoms with E-state index in [9.17, 15) is 0 Å². The molecule has 0 aliphatic carbocycles. The average Bonchev–Trinajstić information content (AvgIpc) is 2.68. The van der Waals surface area contributed by atoms with Gasteiger partial charge in [0, 0.05) is 29.0 Å². The molecule has 0 radical (unpaired) electrons. The Bertz CT molecular complexity index is 1180. The molecule has 0 aliphatic rings. The predicted molar refractivity (Wildman–Crippen MR) is 121 cm³/mol. The molecule has 2 aromatic carbocycles. The number of rotatable bonds is 3. The third kappa shape index (κ3) is 4.04. The van der Waals surface area contributed by atoms with Gasteiger partial charge < -0.3 is 5.32 Å². The molecule has 0 spiro atoms. The van der Waals surface area contributed by atoms with Crippen molar-refractivity contribution in [2.24, 2.45) is 0 Å². The Balaban J connectivity index is 1.79. The van der Waals surface area contributed by atoms with Crippen molar-refractivity contribution in [1.82, 2.24) is 15.0 Å². The Morgan fingerprint density at radius 3 is 2.34 bits per heavy atom. The highest BCUT2D eigenvalue weighted by atomic mass is 35.5. The Morgan fingerprint density at radius 2 is 1.66 bits per heavy atom. The van der Waals surface area contributed by atoms with Gasteiger partial charge in [-0.25, -0.2) is 15.0 Å². The molecule has 0 fully saturated rings. The first-order valence-electron chi connectivity index (χ1n) is 9.26. The fraction of sp³-hybridized carbons (Fsp3) is 0.174. The zero-order valence-corrected chi connectivity index (χ0v) is 17.9. The van der Waals surface area contributed by atoms with Crippen LogP contribution in [0.4, 0.5) is 11.5 Å². The van der Waals surface area contributed by atoms with Gasteiger partial charge in [-0.05, 0) is 52.2 Å². The second-order valence-corrected chi connectivity index (χ2v) is 8.59. The molecule has 4 aromatic rings. The van der Waals surface area contributed by atoms with Crippen LogP contribution in [0.25, 0.3) is 22.0 Å². The summed E-state index contributed by atoms with van der Waals surface area (Å²) in [5.74, 6) is 0.693. The fourth-order valence-electron chi connectivity index (χ4n) is 3.23. The number of benzene rings is 2. The topological polar surface area (TPSA) is 50.7 Å². The standard InChI is InChI=1S/C23H20Cl2N4/c1-23(2,3)14-7-9-15(10-8-14)28-21-20-16(5-4-6-18(20)24)17(13-27-21)19-11-12-26-22(25)29-19/h4-13H,1-3H3,(H,27,28). The first-order valence-corrected chi connectivity index (χ1v) is 10.0. The van der Waals surface area contributed by atoms with E-state index in [1.165, 1.54) is 5.56 Å². The Kier molecular flexibility index (Phi) is 5.15. The highest BCUT2D eigenvalue weighted by Gasteiger charge is 2.15. The summed E-state index contributed by atoms with van der Waals surface area (Å²) in [6.45, 7) is 6.59. The summed E-state index contributed by atoms with van der Waals surface area (Å²) < 4.78 is 0. The molecule has 2 aromatic heterocycles. The molecule has 4 nitrogen and oxygen atoms in total. The number of hydrogen-bond acceptors (Lipinski definition) is 4. The summed E-state index contributed by atoms with van der Waals surface area (Å²) in [7, 11) is 0. The number of anilines is 2. The first kappa shape index (κ1) is 19.6. The van der Waals surface area contributed by atoms with Crippen LogP contribution >= 0.6 is 23.2 Å². The molecule has 1 N–H and O–H groups in total. The number of hydrogen-bond donors (Lipinski definition) is 1. The van der Waals surface area contributed by atoms with Gasteiger partial charge in [-0.3, -0.25) is 0 Å². The average molecular weight is 423 g/mol. The molecule has 0 saturated heterocycles. The molecule has 0 atom stereocenters. The minimum atomic E-state index is 0.104. The molecule has 0 bridgehead atoms. The van der Waals surface area contributed by atoms with Crippen molar-refractivity contribution < 1.29 is 0 Å². The van der Waals surface area contributed by atoms with E-state index in [-0.39, 0.29) is 10.7 Å². The highest BCUT2D eigenvalue weighted by Crippen LogP contribution is 2.36. The summed E-state index contributed by atoms with van der Waals surface area (Å²) in [6.07, 6.45) is 3.41. The van der Waals surface area contributed by atoms with Crippen LogP contribution in [0, 0.1) is 0 Å². The summed E-state index contributed by atoms with van der Waals surface area (Å²) >= 11 is 12.5. The van der Waals surface area contributed by atoms with Gasteiger partial charge in [-0.15, -0.1) is 0 Å². The van der Waals surface area contributed by atoms with Gasteiger partial charge in [-0.1, -0.05) is 56.6 Å². The number of nitrogens with zero attached hydrogens (tertiary/aromatic N) is 3. The maximum absolute atomic E-state index is 6.57. The van der Waals surface area contributed by atoms with E-state index in [0.29, 0.717) is 16.5 Å². The lowest BCUT2D eigenvalue weighted by Crippen LogP contribution is -2.10. The number of nitrogens with one attached hydrogen (secondary N) is 1. The third-order valence-corrected chi connectivity index (χ3v) is 5.28. The van der Waals surface area contributed by atoms with Crippen LogP contribution in [0.5, 0.6) is 0 Å². The van der Waals surface area contributed by atoms with Gasteiger partial charge in [0.05, 0.1) is 10.7 Å². The lowest BCUT2D eigenvalue weighted by Gasteiger charge is -2.19. The second-order valence-electron chi connectivity index (χ2n) is 7.85. The molecule has 2 heterocycles. The van der Waals surface area contributed by atoms with Crippen molar-refractivity contribution >= 4 is 45.5 Å². The van der Waals surface area contributed by atoms with Gasteiger partial charge in [-0.2, -0.15) is 0 Å². The third-order valence-electron chi connectivity index (χ3n) is 4.78. The summed E-state index contributed by atoms with van der Waals surface area (Å²) in [5, 5.41) is 5.99. The van der Waals surface area contributed by atoms with Crippen molar-refractivity contribution in [3.63, 3.8) is 0 Å². The van der Waals surface area contributed by atoms with E-state index in [2.05, 4.69) is 65.3 Å². The quantitative estimate of drug-likeness (QED) is 0.359. The predicted octanol–water partition coefficient (Wildman–Crippen LogP) is 7.04. The normalized spacial score (nSPS) is 11.6. The van der Waals surface area contributed by atoms with Gasteiger partial charge in [0.25, 0.3) is 0 Å². The lowest BCUT2D eigenvalue weighted by atomic mass is 9.87. The maximum atomic E-state index is 6.57. The zero-order chi connectivity index (χ0) is 20.6. The van der Waals surface area contributed by atoms with Crippen LogP contribution < -0.4 is 5.32 Å². The Labute approximate surface area is 180 Å². The van der Waals surface area contributed by atoms with Crippen LogP contribution in [0.3, 0.4) is 0 Å². The van der Waals surface area contributed by atoms with Gasteiger partial charge in [0.15, 0.2) is 0 Å². The molecule has 0 aliphatic heterocycles. The van der Waals surface area contributed by atoms with Crippen molar-refractivity contribution in [2.75, 3.05) is 5.32 Å². The van der Waals surface area contributed by atoms with Crippen LogP contribution in [0.1, 0.15) is 26.3 Å². The first-order chi connectivity index (χ1) is 13.8. The molecular weight excluding hydrogens is 403 g/mol. The van der Waals surface area contributed by atoms with Gasteiger partial charge in [0.2, 0.25) is 5.28 Å². The van der Waals surface area contributed by atoms with E-state index in [1.54, 1.807) is 12.4 Å². The highest BCUT2D eigenvalue weighted by molar-refractivity contribution is 6.37. The second kappa shape index (κ2) is 7.62. The van der Waals surface area contributed by atoms with Crippen molar-refractivity contribution in [3.8, 4) is 11.3 Å². The van der Waals surface area contributed by atoms with Crippen LogP contribution in [-0.2, 0) is 5.41 Å². The van der Waals surface area contributed by atoms with E-state index >= 15 is 0 Å². The number of halogens is 2. The van der Waals surface area contributed by atoms with Crippen molar-refractivity contribution in [3.05, 3.63) is 76.8 Å². The molecule has 0 saturated carbocycles. The summed E-state index contributed by atoms with van der Waals surface area (Å²) in [6, 6.07) is 16.0. The SMILES string of the molecule is CC(C)(C)c1ccc(Nc2ncc(-c3ccnc(Cl)n3)c3cccc(Cl)c23)cc1. The summed E-state index contributed by atoms with van der Waals surface area (Å²) in [4.78, 5) is 12.9. The van der Waals surface area contributed by atoms with E-state index in [1.807, 2.05) is 24.3 Å². The maximum Gasteiger partial charge on any atom is 0.222 e. The molecule has 0 amide bonds. The molecule has 4 rings (SSSR count). The molecule has 6 heteroatoms. The molecule has 146 valence electrons. The Morgan fingerprint density at radius 1 is 0.897 bits per heavy atom. The number of fused-ring (bicyclic) bond motifs is 1.